The van der Waals surface area contributed by atoms with Crippen molar-refractivity contribution in [2.45, 2.75) is 80.1 Å². The molecule has 6 heterocycles. The Balaban J connectivity index is 0.602. The Kier molecular flexibility index (Phi) is 16.1. The summed E-state index contributed by atoms with van der Waals surface area (Å²) < 4.78 is 43.6. The third-order valence-electron chi connectivity index (χ3n) is 28.5. The van der Waals surface area contributed by atoms with Gasteiger partial charge in [-0.1, -0.05) is 234 Å². The van der Waals surface area contributed by atoms with Crippen LogP contribution in [0, 0.1) is 41.5 Å². The molecule has 0 saturated carbocycles. The van der Waals surface area contributed by atoms with Crippen LogP contribution in [0.2, 0.25) is 0 Å². The van der Waals surface area contributed by atoms with Gasteiger partial charge in [-0.25, -0.2) is 0 Å². The number of rotatable bonds is 13. The molecule has 0 atom stereocenters. The maximum absolute atomic E-state index is 7.46. The molecule has 622 valence electrons. The van der Waals surface area contributed by atoms with Gasteiger partial charge >= 0.3 is 0 Å². The Labute approximate surface area is 749 Å². The lowest BCUT2D eigenvalue weighted by Gasteiger charge is -2.33. The highest BCUT2D eigenvalue weighted by molar-refractivity contribution is 6.34. The molecule has 0 unspecified atom stereocenters. The molecule has 2 aliphatic rings. The molecule has 0 bridgehead atoms. The van der Waals surface area contributed by atoms with E-state index in [-0.39, 0.29) is 0 Å². The highest BCUT2D eigenvalue weighted by Gasteiger charge is 2.49. The first-order valence-corrected chi connectivity index (χ1v) is 44.9. The summed E-state index contributed by atoms with van der Waals surface area (Å²) in [7, 11) is 0. The van der Waals surface area contributed by atoms with Crippen LogP contribution in [0.5, 0.6) is 0 Å². The van der Waals surface area contributed by atoms with Crippen LogP contribution in [-0.2, 0) is 10.8 Å². The fraction of sp³-hybridized carbons (Fsp3) is 0.100. The van der Waals surface area contributed by atoms with E-state index in [1.165, 1.54) is 55.6 Å². The largest absolute Gasteiger partial charge is 0.456 e. The van der Waals surface area contributed by atoms with Crippen molar-refractivity contribution < 1.29 is 26.5 Å². The minimum atomic E-state index is -0.516. The van der Waals surface area contributed by atoms with Crippen LogP contribution in [0.1, 0.15) is 83.3 Å². The SMILES string of the molecule is Cc1ccccc1N(c1ccccc1C)c1cc2c(c3c1oc1ccccc13)-c1ccc3c(c1C2(C)C)C(C)(C)c1cc(N(c2ccccc2C)c2ccc(-c4ccc(N(c5ccccc5)c5cc6oc7cc8c(cc7c6c6c5oc5ccccc56)oc5cc(N(c6ccccc6)c6ccccc6C)c6oc7ccccc7c6c58)c(C)c4)cc2C)c2oc4ccccc4c2c1-3. The molecular formula is C120H86N4O6. The zero-order valence-corrected chi connectivity index (χ0v) is 73.6. The minimum absolute atomic E-state index is 0.482. The molecule has 2 aliphatic carbocycles. The maximum atomic E-state index is 7.46. The van der Waals surface area contributed by atoms with Gasteiger partial charge in [-0.3, -0.25) is 0 Å². The van der Waals surface area contributed by atoms with E-state index in [9.17, 15) is 0 Å². The number of para-hydroxylation sites is 10. The first-order chi connectivity index (χ1) is 63.5. The van der Waals surface area contributed by atoms with E-state index in [0.717, 1.165) is 233 Å². The van der Waals surface area contributed by atoms with Gasteiger partial charge in [0.05, 0.1) is 22.7 Å². The summed E-state index contributed by atoms with van der Waals surface area (Å²) in [6, 6.07) is 122. The fourth-order valence-corrected chi connectivity index (χ4v) is 22.5. The smallest absolute Gasteiger partial charge is 0.160 e. The molecule has 10 nitrogen and oxygen atoms in total. The number of furan rings is 6. The fourth-order valence-electron chi connectivity index (χ4n) is 22.5. The number of fused-ring (bicyclic) bond motifs is 29. The number of hydrogen-bond donors (Lipinski definition) is 0. The second-order valence-electron chi connectivity index (χ2n) is 36.8. The van der Waals surface area contributed by atoms with Crippen molar-refractivity contribution in [3.63, 3.8) is 0 Å². The van der Waals surface area contributed by atoms with Gasteiger partial charge in [0, 0.05) is 133 Å². The number of hydrogen-bond acceptors (Lipinski definition) is 10. The summed E-state index contributed by atoms with van der Waals surface area (Å²) in [4.78, 5) is 9.55. The normalized spacial score (nSPS) is 13.3. The van der Waals surface area contributed by atoms with Crippen molar-refractivity contribution in [2.75, 3.05) is 19.6 Å². The Morgan fingerprint density at radius 3 is 0.846 bits per heavy atom. The first-order valence-electron chi connectivity index (χ1n) is 44.9. The Morgan fingerprint density at radius 1 is 0.200 bits per heavy atom. The van der Waals surface area contributed by atoms with Crippen molar-refractivity contribution in [1.82, 2.24) is 0 Å². The van der Waals surface area contributed by atoms with E-state index in [2.05, 4.69) is 416 Å². The Hall–Kier alpha value is -16.0. The van der Waals surface area contributed by atoms with E-state index < -0.39 is 10.8 Å². The molecule has 0 aliphatic heterocycles. The second kappa shape index (κ2) is 27.7. The summed E-state index contributed by atoms with van der Waals surface area (Å²) >= 11 is 0. The predicted octanol–water partition coefficient (Wildman–Crippen LogP) is 35.1. The Morgan fingerprint density at radius 2 is 0.492 bits per heavy atom. The number of aryl methyl sites for hydroxylation is 6. The molecule has 0 fully saturated rings. The predicted molar refractivity (Wildman–Crippen MR) is 538 cm³/mol. The third kappa shape index (κ3) is 10.7. The monoisotopic (exact) mass is 1680 g/mol. The van der Waals surface area contributed by atoms with Gasteiger partial charge in [0.25, 0.3) is 0 Å². The van der Waals surface area contributed by atoms with Crippen LogP contribution in [0.4, 0.5) is 68.2 Å². The van der Waals surface area contributed by atoms with Gasteiger partial charge in [-0.2, -0.15) is 0 Å². The summed E-state index contributed by atoms with van der Waals surface area (Å²) in [6.07, 6.45) is 0. The lowest BCUT2D eigenvalue weighted by Crippen LogP contribution is -2.24. The van der Waals surface area contributed by atoms with Crippen molar-refractivity contribution >= 4 is 200 Å². The van der Waals surface area contributed by atoms with Gasteiger partial charge in [-0.15, -0.1) is 0 Å². The quantitative estimate of drug-likeness (QED) is 0.111. The van der Waals surface area contributed by atoms with E-state index in [0.29, 0.717) is 0 Å². The van der Waals surface area contributed by atoms with Crippen molar-refractivity contribution in [3.8, 4) is 33.4 Å². The van der Waals surface area contributed by atoms with E-state index in [1.807, 2.05) is 12.1 Å². The zero-order chi connectivity index (χ0) is 87.2. The van der Waals surface area contributed by atoms with Gasteiger partial charge in [0.15, 0.2) is 22.3 Å². The van der Waals surface area contributed by atoms with E-state index in [4.69, 9.17) is 26.5 Å². The standard InChI is InChI=1S/C120H86N4O6/c1-67-33-17-25-45-87(67)121(75-37-13-11-14-38-75)95-65-103-107(111-79-43-23-31-51-99(79)129-117(95)111)83-61-102-84(62-101(83)125-103)108-104(126-102)66-96(118-112(108)80-44-24-32-52-100(80)130-118)122(76-39-15-12-16-40-76)91-57-53-73(59-71(91)5)74-54-58-92(72(6)60-74)124(90-48-28-20-36-70(90)4)94-64-86-106(110-78-42-22-30-50-98(78)128-116(94)110)82-56-55-81-105-85(119(7,8)113(81)114(82)120(86,9)10)63-93(115-109(105)77-41-21-29-49-97(77)127-115)123(88-46-26-18-34-68(88)2)89-47-27-19-35-69(89)3/h11-66H,1-10H3. The molecule has 26 rings (SSSR count). The third-order valence-corrected chi connectivity index (χ3v) is 28.5. The summed E-state index contributed by atoms with van der Waals surface area (Å²) in [5.41, 5.74) is 39.6. The highest BCUT2D eigenvalue weighted by Crippen LogP contribution is 2.66. The molecule has 0 radical (unpaired) electrons. The molecule has 6 aromatic heterocycles. The molecule has 24 aromatic rings. The lowest BCUT2D eigenvalue weighted by atomic mass is 9.72. The van der Waals surface area contributed by atoms with Crippen molar-refractivity contribution in [3.05, 3.63) is 395 Å². The summed E-state index contributed by atoms with van der Waals surface area (Å²) in [6.45, 7) is 23.1. The molecule has 0 saturated heterocycles. The van der Waals surface area contributed by atoms with Gasteiger partial charge in [0.2, 0.25) is 0 Å². The first kappa shape index (κ1) is 75.3. The summed E-state index contributed by atoms with van der Waals surface area (Å²) in [5, 5.41) is 12.1. The molecule has 10 heteroatoms. The molecule has 130 heavy (non-hydrogen) atoms. The van der Waals surface area contributed by atoms with Crippen LogP contribution in [0.25, 0.3) is 165 Å². The van der Waals surface area contributed by atoms with Crippen LogP contribution in [0.15, 0.2) is 366 Å². The van der Waals surface area contributed by atoms with Crippen LogP contribution < -0.4 is 19.6 Å². The van der Waals surface area contributed by atoms with Crippen LogP contribution in [-0.4, -0.2) is 0 Å². The molecule has 18 aromatic carbocycles. The van der Waals surface area contributed by atoms with E-state index >= 15 is 0 Å². The second-order valence-corrected chi connectivity index (χ2v) is 36.8. The van der Waals surface area contributed by atoms with E-state index in [1.54, 1.807) is 0 Å². The van der Waals surface area contributed by atoms with Crippen molar-refractivity contribution in [2.24, 2.45) is 0 Å². The van der Waals surface area contributed by atoms with Crippen molar-refractivity contribution in [1.29, 1.82) is 0 Å². The maximum Gasteiger partial charge on any atom is 0.160 e. The van der Waals surface area contributed by atoms with Gasteiger partial charge in [-0.05, 0) is 252 Å². The average molecular weight is 1680 g/mol. The molecular weight excluding hydrogens is 1590 g/mol. The zero-order valence-electron chi connectivity index (χ0n) is 73.6. The van der Waals surface area contributed by atoms with Gasteiger partial charge < -0.3 is 46.1 Å². The van der Waals surface area contributed by atoms with Gasteiger partial charge in [0.1, 0.15) is 44.7 Å². The number of nitrogens with zero attached hydrogens (tertiary/aromatic N) is 4. The van der Waals surface area contributed by atoms with Crippen LogP contribution in [0.3, 0.4) is 0 Å². The van der Waals surface area contributed by atoms with Crippen LogP contribution >= 0.6 is 0 Å². The molecule has 0 spiro atoms. The topological polar surface area (TPSA) is 91.8 Å². The average Bonchev–Trinajstić information content (AvgIpc) is 1.50. The Bertz CT molecular complexity index is 8950. The minimum Gasteiger partial charge on any atom is -0.456 e. The number of anilines is 12. The highest BCUT2D eigenvalue weighted by atomic mass is 16.4. The number of benzene rings is 18. The summed E-state index contributed by atoms with van der Waals surface area (Å²) in [5.74, 6) is 0. The molecule has 0 N–H and O–H groups in total. The molecule has 0 amide bonds. The lowest BCUT2D eigenvalue weighted by molar-refractivity contribution is 0.601.